The van der Waals surface area contributed by atoms with Crippen LogP contribution in [0.25, 0.3) is 0 Å². The SMILES string of the molecule is CCC(CC)N1CCCCC1C(=O)NC(C(=O)N(C)C(/C=C(\C)C(=O)O)C(C)C)C(C)(C)C. The monoisotopic (exact) mass is 465 g/mol. The predicted molar refractivity (Wildman–Crippen MR) is 133 cm³/mol. The number of carbonyl (C=O) groups is 3. The fourth-order valence-corrected chi connectivity index (χ4v) is 4.75. The van der Waals surface area contributed by atoms with E-state index in [0.717, 1.165) is 38.6 Å². The van der Waals surface area contributed by atoms with Crippen LogP contribution in [0.2, 0.25) is 0 Å². The van der Waals surface area contributed by atoms with E-state index in [4.69, 9.17) is 0 Å². The maximum Gasteiger partial charge on any atom is 0.331 e. The summed E-state index contributed by atoms with van der Waals surface area (Å²) in [5.74, 6) is -1.26. The predicted octanol–water partition coefficient (Wildman–Crippen LogP) is 4.07. The average Bonchev–Trinajstić information content (AvgIpc) is 2.74. The van der Waals surface area contributed by atoms with Crippen molar-refractivity contribution in [1.29, 1.82) is 0 Å². The summed E-state index contributed by atoms with van der Waals surface area (Å²) in [5.41, 5.74) is -0.296. The van der Waals surface area contributed by atoms with E-state index in [1.807, 2.05) is 34.6 Å². The number of rotatable bonds is 10. The van der Waals surface area contributed by atoms with Crippen molar-refractivity contribution in [3.63, 3.8) is 0 Å². The van der Waals surface area contributed by atoms with Gasteiger partial charge in [0.1, 0.15) is 6.04 Å². The lowest BCUT2D eigenvalue weighted by Gasteiger charge is -2.42. The van der Waals surface area contributed by atoms with Crippen LogP contribution in [0.1, 0.15) is 87.5 Å². The molecule has 1 saturated heterocycles. The van der Waals surface area contributed by atoms with E-state index in [9.17, 15) is 19.5 Å². The molecule has 1 rings (SSSR count). The van der Waals surface area contributed by atoms with Gasteiger partial charge in [0.05, 0.1) is 12.1 Å². The fourth-order valence-electron chi connectivity index (χ4n) is 4.75. The maximum atomic E-state index is 13.7. The number of hydrogen-bond acceptors (Lipinski definition) is 4. The number of carboxylic acids is 1. The van der Waals surface area contributed by atoms with Gasteiger partial charge in [0.25, 0.3) is 0 Å². The minimum Gasteiger partial charge on any atom is -0.478 e. The summed E-state index contributed by atoms with van der Waals surface area (Å²) in [6.45, 7) is 16.5. The standard InChI is InChI=1S/C26H47N3O4/c1-10-19(11-2)29-15-13-12-14-20(29)23(30)27-22(26(6,7)8)24(31)28(9)21(17(3)4)16-18(5)25(32)33/h16-17,19-22H,10-15H2,1-9H3,(H,27,30)(H,32,33)/b18-16+. The summed E-state index contributed by atoms with van der Waals surface area (Å²) < 4.78 is 0. The molecule has 33 heavy (non-hydrogen) atoms. The number of hydrogen-bond donors (Lipinski definition) is 2. The minimum atomic E-state index is -0.999. The van der Waals surface area contributed by atoms with E-state index < -0.39 is 17.4 Å². The van der Waals surface area contributed by atoms with Gasteiger partial charge in [0.2, 0.25) is 11.8 Å². The number of nitrogens with zero attached hydrogens (tertiary/aromatic N) is 2. The lowest BCUT2D eigenvalue weighted by molar-refractivity contribution is -0.142. The Labute approximate surface area is 201 Å². The van der Waals surface area contributed by atoms with Crippen molar-refractivity contribution in [3.05, 3.63) is 11.6 Å². The number of carbonyl (C=O) groups excluding carboxylic acids is 2. The number of likely N-dealkylation sites (tertiary alicyclic amines) is 1. The van der Waals surface area contributed by atoms with Gasteiger partial charge in [-0.25, -0.2) is 4.79 Å². The summed E-state index contributed by atoms with van der Waals surface area (Å²) in [5, 5.41) is 12.4. The van der Waals surface area contributed by atoms with E-state index >= 15 is 0 Å². The van der Waals surface area contributed by atoms with Gasteiger partial charge in [-0.15, -0.1) is 0 Å². The normalized spacial score (nSPS) is 20.0. The smallest absolute Gasteiger partial charge is 0.331 e. The lowest BCUT2D eigenvalue weighted by Crippen LogP contribution is -2.61. The number of likely N-dealkylation sites (N-methyl/N-ethyl adjacent to an activating group) is 1. The van der Waals surface area contributed by atoms with Crippen molar-refractivity contribution in [2.24, 2.45) is 11.3 Å². The summed E-state index contributed by atoms with van der Waals surface area (Å²) >= 11 is 0. The number of nitrogens with one attached hydrogen (secondary N) is 1. The highest BCUT2D eigenvalue weighted by atomic mass is 16.4. The number of carboxylic acid groups (broad SMARTS) is 1. The fraction of sp³-hybridized carbons (Fsp3) is 0.808. The quantitative estimate of drug-likeness (QED) is 0.475. The van der Waals surface area contributed by atoms with Crippen LogP contribution < -0.4 is 5.32 Å². The van der Waals surface area contributed by atoms with Crippen molar-refractivity contribution in [2.45, 2.75) is 112 Å². The molecule has 0 aliphatic carbocycles. The van der Waals surface area contributed by atoms with Gasteiger partial charge in [0, 0.05) is 18.7 Å². The van der Waals surface area contributed by atoms with Crippen molar-refractivity contribution >= 4 is 17.8 Å². The second-order valence-corrected chi connectivity index (χ2v) is 10.9. The molecular formula is C26H47N3O4. The summed E-state index contributed by atoms with van der Waals surface area (Å²) in [6.07, 6.45) is 6.53. The molecule has 2 N–H and O–H groups in total. The molecule has 0 saturated carbocycles. The van der Waals surface area contributed by atoms with Crippen molar-refractivity contribution in [1.82, 2.24) is 15.1 Å². The number of amides is 2. The van der Waals surface area contributed by atoms with Gasteiger partial charge in [-0.1, -0.05) is 61.0 Å². The zero-order valence-corrected chi connectivity index (χ0v) is 22.3. The minimum absolute atomic E-state index is 0.0215. The van der Waals surface area contributed by atoms with Gasteiger partial charge in [-0.3, -0.25) is 14.5 Å². The summed E-state index contributed by atoms with van der Waals surface area (Å²) in [6, 6.07) is -0.949. The van der Waals surface area contributed by atoms with Crippen LogP contribution in [0.4, 0.5) is 0 Å². The van der Waals surface area contributed by atoms with Crippen molar-refractivity contribution in [2.75, 3.05) is 13.6 Å². The van der Waals surface area contributed by atoms with Gasteiger partial charge in [0.15, 0.2) is 0 Å². The molecule has 1 heterocycles. The van der Waals surface area contributed by atoms with Gasteiger partial charge in [-0.05, 0) is 50.5 Å². The Balaban J connectivity index is 3.18. The Morgan fingerprint density at radius 3 is 2.18 bits per heavy atom. The highest BCUT2D eigenvalue weighted by Crippen LogP contribution is 2.26. The Morgan fingerprint density at radius 1 is 1.15 bits per heavy atom. The molecule has 0 aromatic heterocycles. The van der Waals surface area contributed by atoms with Crippen molar-refractivity contribution in [3.8, 4) is 0 Å². The molecule has 0 aromatic carbocycles. The molecule has 7 heteroatoms. The second-order valence-electron chi connectivity index (χ2n) is 10.9. The first kappa shape index (κ1) is 29.1. The summed E-state index contributed by atoms with van der Waals surface area (Å²) in [7, 11) is 1.70. The Morgan fingerprint density at radius 2 is 1.73 bits per heavy atom. The molecule has 7 nitrogen and oxygen atoms in total. The van der Waals surface area contributed by atoms with E-state index in [0.29, 0.717) is 6.04 Å². The van der Waals surface area contributed by atoms with Crippen LogP contribution in [-0.2, 0) is 14.4 Å². The van der Waals surface area contributed by atoms with Gasteiger partial charge in [-0.2, -0.15) is 0 Å². The van der Waals surface area contributed by atoms with Crippen LogP contribution in [0.5, 0.6) is 0 Å². The molecule has 2 amide bonds. The highest BCUT2D eigenvalue weighted by Gasteiger charge is 2.40. The third-order valence-corrected chi connectivity index (χ3v) is 6.89. The molecule has 1 aliphatic rings. The molecule has 3 atom stereocenters. The average molecular weight is 466 g/mol. The topological polar surface area (TPSA) is 90.0 Å². The molecule has 1 fully saturated rings. The van der Waals surface area contributed by atoms with Crippen LogP contribution >= 0.6 is 0 Å². The molecule has 1 aliphatic heterocycles. The van der Waals surface area contributed by atoms with E-state index in [1.165, 1.54) is 6.92 Å². The van der Waals surface area contributed by atoms with Gasteiger partial charge >= 0.3 is 5.97 Å². The molecule has 0 bridgehead atoms. The Bertz CT molecular complexity index is 707. The first-order valence-corrected chi connectivity index (χ1v) is 12.5. The maximum absolute atomic E-state index is 13.7. The number of piperidine rings is 1. The first-order chi connectivity index (χ1) is 15.3. The molecular weight excluding hydrogens is 418 g/mol. The van der Waals surface area contributed by atoms with E-state index in [-0.39, 0.29) is 35.4 Å². The molecule has 0 radical (unpaired) electrons. The molecule has 3 unspecified atom stereocenters. The zero-order valence-electron chi connectivity index (χ0n) is 22.3. The molecule has 190 valence electrons. The van der Waals surface area contributed by atoms with Gasteiger partial charge < -0.3 is 15.3 Å². The van der Waals surface area contributed by atoms with Crippen LogP contribution in [-0.4, -0.2) is 70.4 Å². The highest BCUT2D eigenvalue weighted by molar-refractivity contribution is 5.91. The molecule has 0 spiro atoms. The van der Waals surface area contributed by atoms with Crippen LogP contribution in [0.3, 0.4) is 0 Å². The Kier molecular flexibility index (Phi) is 11.1. The summed E-state index contributed by atoms with van der Waals surface area (Å²) in [4.78, 5) is 42.4. The second kappa shape index (κ2) is 12.5. The zero-order chi connectivity index (χ0) is 25.5. The van der Waals surface area contributed by atoms with Crippen molar-refractivity contribution < 1.29 is 19.5 Å². The molecule has 0 aromatic rings. The third kappa shape index (κ3) is 7.83. The van der Waals surface area contributed by atoms with Crippen LogP contribution in [0.15, 0.2) is 11.6 Å². The largest absolute Gasteiger partial charge is 0.478 e. The van der Waals surface area contributed by atoms with E-state index in [2.05, 4.69) is 24.1 Å². The van der Waals surface area contributed by atoms with Crippen LogP contribution in [0, 0.1) is 11.3 Å². The third-order valence-electron chi connectivity index (χ3n) is 6.89. The Hall–Kier alpha value is -1.89. The van der Waals surface area contributed by atoms with E-state index in [1.54, 1.807) is 18.0 Å². The first-order valence-electron chi connectivity index (χ1n) is 12.5. The number of aliphatic carboxylic acids is 1. The lowest BCUT2D eigenvalue weighted by atomic mass is 9.84.